The zero-order valence-corrected chi connectivity index (χ0v) is 18.1. The van der Waals surface area contributed by atoms with Gasteiger partial charge in [0.25, 0.3) is 12.3 Å². The van der Waals surface area contributed by atoms with Gasteiger partial charge in [-0.25, -0.2) is 22.7 Å². The van der Waals surface area contributed by atoms with Crippen molar-refractivity contribution in [1.29, 1.82) is 0 Å². The van der Waals surface area contributed by atoms with Crippen molar-refractivity contribution < 1.29 is 18.0 Å². The van der Waals surface area contributed by atoms with E-state index in [2.05, 4.69) is 47.3 Å². The van der Waals surface area contributed by atoms with E-state index in [0.29, 0.717) is 14.5 Å². The molecule has 0 saturated carbocycles. The largest absolute Gasteiger partial charge is 0.320 e. The van der Waals surface area contributed by atoms with Gasteiger partial charge < -0.3 is 5.32 Å². The van der Waals surface area contributed by atoms with Crippen molar-refractivity contribution in [2.24, 2.45) is 0 Å². The third kappa shape index (κ3) is 3.84. The minimum atomic E-state index is -2.82. The highest BCUT2D eigenvalue weighted by atomic mass is 79.9. The molecule has 10 heteroatoms. The van der Waals surface area contributed by atoms with Crippen LogP contribution in [0.15, 0.2) is 63.7 Å². The fraction of sp³-hybridized carbons (Fsp3) is 0.0500. The van der Waals surface area contributed by atoms with Gasteiger partial charge in [-0.1, -0.05) is 30.3 Å². The molecule has 4 aromatic rings. The molecule has 0 aliphatic carbocycles. The van der Waals surface area contributed by atoms with E-state index in [1.165, 1.54) is 24.4 Å². The van der Waals surface area contributed by atoms with E-state index >= 15 is 0 Å². The molecule has 2 heterocycles. The predicted molar refractivity (Wildman–Crippen MR) is 113 cm³/mol. The van der Waals surface area contributed by atoms with Crippen LogP contribution in [-0.4, -0.2) is 20.5 Å². The summed E-state index contributed by atoms with van der Waals surface area (Å²) < 4.78 is 42.4. The Balaban J connectivity index is 1.82. The third-order valence-corrected chi connectivity index (χ3v) is 5.53. The molecule has 2 aromatic heterocycles. The number of hydrogen-bond donors (Lipinski definition) is 1. The number of rotatable bonds is 4. The smallest absolute Gasteiger partial charge is 0.280 e. The number of amides is 1. The van der Waals surface area contributed by atoms with Crippen molar-refractivity contribution in [2.45, 2.75) is 6.43 Å². The van der Waals surface area contributed by atoms with Crippen LogP contribution in [0.5, 0.6) is 0 Å². The van der Waals surface area contributed by atoms with Gasteiger partial charge in [-0.15, -0.1) is 0 Å². The number of benzene rings is 2. The summed E-state index contributed by atoms with van der Waals surface area (Å²) >= 11 is 6.38. The van der Waals surface area contributed by atoms with Crippen molar-refractivity contribution in [2.75, 3.05) is 5.32 Å². The van der Waals surface area contributed by atoms with E-state index in [-0.39, 0.29) is 28.3 Å². The molecule has 2 aromatic carbocycles. The van der Waals surface area contributed by atoms with Crippen LogP contribution in [0.1, 0.15) is 22.5 Å². The van der Waals surface area contributed by atoms with Gasteiger partial charge in [0.15, 0.2) is 5.65 Å². The van der Waals surface area contributed by atoms with Crippen LogP contribution in [0.25, 0.3) is 16.9 Å². The Kier molecular flexibility index (Phi) is 5.61. The number of fused-ring (bicyclic) bond motifs is 1. The number of anilines is 1. The van der Waals surface area contributed by atoms with Crippen molar-refractivity contribution in [3.63, 3.8) is 0 Å². The number of nitrogens with zero attached hydrogens (tertiary/aromatic N) is 3. The Morgan fingerprint density at radius 2 is 1.73 bits per heavy atom. The van der Waals surface area contributed by atoms with Crippen molar-refractivity contribution in [3.8, 4) is 11.3 Å². The Morgan fingerprint density at radius 1 is 1.07 bits per heavy atom. The van der Waals surface area contributed by atoms with Gasteiger partial charge in [-0.3, -0.25) is 4.79 Å². The lowest BCUT2D eigenvalue weighted by Crippen LogP contribution is -2.13. The topological polar surface area (TPSA) is 59.3 Å². The molecule has 0 aliphatic heterocycles. The molecule has 0 spiro atoms. The summed E-state index contributed by atoms with van der Waals surface area (Å²) in [5, 5.41) is 6.55. The lowest BCUT2D eigenvalue weighted by Gasteiger charge is -2.10. The van der Waals surface area contributed by atoms with Crippen LogP contribution in [0, 0.1) is 5.82 Å². The normalized spacial score (nSPS) is 11.3. The second-order valence-corrected chi connectivity index (χ2v) is 7.93. The Hall–Kier alpha value is -2.72. The van der Waals surface area contributed by atoms with Crippen molar-refractivity contribution in [1.82, 2.24) is 14.6 Å². The fourth-order valence-corrected chi connectivity index (χ4v) is 4.23. The average Bonchev–Trinajstić information content (AvgIpc) is 3.14. The Labute approximate surface area is 185 Å². The Morgan fingerprint density at radius 3 is 2.37 bits per heavy atom. The van der Waals surface area contributed by atoms with Crippen molar-refractivity contribution >= 4 is 49.1 Å². The molecule has 0 bridgehead atoms. The first kappa shape index (κ1) is 20.5. The first-order valence-electron chi connectivity index (χ1n) is 8.53. The molecular formula is C20H11Br2F3N4O. The summed E-state index contributed by atoms with van der Waals surface area (Å²) in [6.45, 7) is 0. The maximum Gasteiger partial charge on any atom is 0.280 e. The predicted octanol–water partition coefficient (Wildman–Crippen LogP) is 6.25. The maximum atomic E-state index is 13.7. The fourth-order valence-electron chi connectivity index (χ4n) is 2.90. The van der Waals surface area contributed by atoms with Crippen LogP contribution in [0.4, 0.5) is 18.9 Å². The van der Waals surface area contributed by atoms with Crippen LogP contribution < -0.4 is 5.32 Å². The first-order valence-corrected chi connectivity index (χ1v) is 10.1. The minimum Gasteiger partial charge on any atom is -0.320 e. The maximum absolute atomic E-state index is 13.7. The second kappa shape index (κ2) is 8.19. The van der Waals surface area contributed by atoms with Gasteiger partial charge in [0.05, 0.1) is 17.6 Å². The number of alkyl halides is 2. The summed E-state index contributed by atoms with van der Waals surface area (Å²) in [6, 6.07) is 12.4. The van der Waals surface area contributed by atoms with E-state index in [1.54, 1.807) is 30.3 Å². The van der Waals surface area contributed by atoms with E-state index in [9.17, 15) is 18.0 Å². The molecule has 0 aliphatic rings. The van der Waals surface area contributed by atoms with Crippen LogP contribution in [0.3, 0.4) is 0 Å². The lowest BCUT2D eigenvalue weighted by atomic mass is 10.1. The molecule has 30 heavy (non-hydrogen) atoms. The molecule has 0 unspecified atom stereocenters. The summed E-state index contributed by atoms with van der Waals surface area (Å²) in [6.07, 6.45) is -1.65. The van der Waals surface area contributed by atoms with Gasteiger partial charge in [0, 0.05) is 14.5 Å². The molecule has 0 atom stereocenters. The number of carbonyl (C=O) groups excluding carboxylic acids is 1. The summed E-state index contributed by atoms with van der Waals surface area (Å²) in [5.41, 5.74) is 0.794. The van der Waals surface area contributed by atoms with Gasteiger partial charge in [0.1, 0.15) is 17.1 Å². The first-order chi connectivity index (χ1) is 14.3. The summed E-state index contributed by atoms with van der Waals surface area (Å²) in [7, 11) is 0. The van der Waals surface area contributed by atoms with E-state index in [4.69, 9.17) is 0 Å². The van der Waals surface area contributed by atoms with E-state index in [0.717, 1.165) is 4.52 Å². The molecule has 1 amide bonds. The second-order valence-electron chi connectivity index (χ2n) is 6.23. The third-order valence-electron chi connectivity index (χ3n) is 4.28. The van der Waals surface area contributed by atoms with E-state index in [1.807, 2.05) is 0 Å². The monoisotopic (exact) mass is 538 g/mol. The lowest BCUT2D eigenvalue weighted by molar-refractivity contribution is 0.102. The number of aromatic nitrogens is 3. The van der Waals surface area contributed by atoms with Gasteiger partial charge in [-0.05, 0) is 50.1 Å². The zero-order valence-electron chi connectivity index (χ0n) is 14.9. The quantitative estimate of drug-likeness (QED) is 0.333. The van der Waals surface area contributed by atoms with Crippen LogP contribution in [-0.2, 0) is 0 Å². The molecule has 4 rings (SSSR count). The van der Waals surface area contributed by atoms with E-state index < -0.39 is 18.1 Å². The van der Waals surface area contributed by atoms with Gasteiger partial charge in [0.2, 0.25) is 0 Å². The SMILES string of the molecule is O=C(Nc1c(Br)cc(F)cc1Br)c1cnn2c(C(F)F)cc(-c3ccccc3)nc12. The minimum absolute atomic E-state index is 0.00203. The number of halogens is 5. The van der Waals surface area contributed by atoms with Gasteiger partial charge >= 0.3 is 0 Å². The average molecular weight is 540 g/mol. The highest BCUT2D eigenvalue weighted by Crippen LogP contribution is 2.33. The zero-order chi connectivity index (χ0) is 21.4. The van der Waals surface area contributed by atoms with Crippen LogP contribution >= 0.6 is 31.9 Å². The molecule has 0 fully saturated rings. The number of carbonyl (C=O) groups is 1. The molecule has 152 valence electrons. The highest BCUT2D eigenvalue weighted by Gasteiger charge is 2.22. The van der Waals surface area contributed by atoms with Crippen LogP contribution in [0.2, 0.25) is 0 Å². The van der Waals surface area contributed by atoms with Gasteiger partial charge in [-0.2, -0.15) is 5.10 Å². The molecule has 1 N–H and O–H groups in total. The Bertz CT molecular complexity index is 1240. The van der Waals surface area contributed by atoms with Crippen molar-refractivity contribution in [3.05, 3.63) is 80.7 Å². The summed E-state index contributed by atoms with van der Waals surface area (Å²) in [5.74, 6) is -1.13. The highest BCUT2D eigenvalue weighted by molar-refractivity contribution is 9.11. The number of nitrogens with one attached hydrogen (secondary N) is 1. The molecule has 0 saturated heterocycles. The number of hydrogen-bond acceptors (Lipinski definition) is 3. The molecular weight excluding hydrogens is 529 g/mol. The standard InChI is InChI=1S/C20H11Br2F3N4O/c21-13-6-11(23)7-14(22)17(13)28-20(30)12-9-26-29-16(18(24)25)8-15(27-19(12)29)10-4-2-1-3-5-10/h1-9,18H,(H,28,30). The molecule has 5 nitrogen and oxygen atoms in total. The summed E-state index contributed by atoms with van der Waals surface area (Å²) in [4.78, 5) is 17.3. The molecule has 0 radical (unpaired) electrons.